The average Bonchev–Trinajstić information content (AvgIpc) is 3.40. The quantitative estimate of drug-likeness (QED) is 0.301. The number of anilines is 1. The van der Waals surface area contributed by atoms with Crippen LogP contribution in [0.3, 0.4) is 0 Å². The first-order valence-electron chi connectivity index (χ1n) is 12.0. The second-order valence-electron chi connectivity index (χ2n) is 9.06. The van der Waals surface area contributed by atoms with Gasteiger partial charge in [0.2, 0.25) is 0 Å². The predicted octanol–water partition coefficient (Wildman–Crippen LogP) is 6.86. The average molecular weight is 523 g/mol. The molecule has 4 aromatic rings. The summed E-state index contributed by atoms with van der Waals surface area (Å²) < 4.78 is 39.6. The van der Waals surface area contributed by atoms with Gasteiger partial charge in [0.1, 0.15) is 5.69 Å². The van der Waals surface area contributed by atoms with Gasteiger partial charge in [-0.15, -0.1) is 11.3 Å². The second kappa shape index (κ2) is 10.8. The van der Waals surface area contributed by atoms with Crippen LogP contribution in [0.1, 0.15) is 45.4 Å². The summed E-state index contributed by atoms with van der Waals surface area (Å²) in [5, 5.41) is 5.54. The van der Waals surface area contributed by atoms with Crippen LogP contribution in [0.5, 0.6) is 0 Å². The highest BCUT2D eigenvalue weighted by Gasteiger charge is 2.30. The molecular formula is C28H25F3N4OS. The molecule has 37 heavy (non-hydrogen) atoms. The van der Waals surface area contributed by atoms with Crippen molar-refractivity contribution in [1.82, 2.24) is 14.9 Å². The number of rotatable bonds is 6. The predicted molar refractivity (Wildman–Crippen MR) is 138 cm³/mol. The molecule has 1 fully saturated rings. The minimum absolute atomic E-state index is 0.300. The van der Waals surface area contributed by atoms with Crippen molar-refractivity contribution in [1.29, 1.82) is 0 Å². The first-order chi connectivity index (χ1) is 17.9. The van der Waals surface area contributed by atoms with Gasteiger partial charge in [0, 0.05) is 41.5 Å². The summed E-state index contributed by atoms with van der Waals surface area (Å²) in [7, 11) is 0. The van der Waals surface area contributed by atoms with Crippen LogP contribution < -0.4 is 5.32 Å². The zero-order chi connectivity index (χ0) is 25.8. The van der Waals surface area contributed by atoms with Gasteiger partial charge in [-0.2, -0.15) is 13.2 Å². The Balaban J connectivity index is 1.24. The van der Waals surface area contributed by atoms with Crippen molar-refractivity contribution < 1.29 is 18.0 Å². The molecule has 2 aromatic heterocycles. The lowest BCUT2D eigenvalue weighted by Crippen LogP contribution is -2.32. The number of nitrogens with zero attached hydrogens (tertiary/aromatic N) is 3. The number of benzene rings is 2. The Bertz CT molecular complexity index is 1370. The molecule has 0 saturated carbocycles. The molecule has 1 saturated heterocycles. The van der Waals surface area contributed by atoms with E-state index in [9.17, 15) is 18.0 Å². The van der Waals surface area contributed by atoms with Crippen LogP contribution in [0.4, 0.5) is 18.9 Å². The normalized spacial score (nSPS) is 15.0. The Morgan fingerprint density at radius 2 is 1.86 bits per heavy atom. The Labute approximate surface area is 217 Å². The molecule has 9 heteroatoms. The van der Waals surface area contributed by atoms with Crippen molar-refractivity contribution in [3.05, 3.63) is 100 Å². The molecule has 0 unspecified atom stereocenters. The fourth-order valence-corrected chi connectivity index (χ4v) is 5.53. The maximum atomic E-state index is 13.2. The van der Waals surface area contributed by atoms with E-state index in [-0.39, 0.29) is 5.91 Å². The number of thiazole rings is 1. The van der Waals surface area contributed by atoms with Gasteiger partial charge < -0.3 is 5.32 Å². The SMILES string of the molecule is O=C(Nc1ccccc1-c1cccc(C(F)(F)F)c1)c1csc(C2CCN(Cc3cccnc3)CC2)n1. The summed E-state index contributed by atoms with van der Waals surface area (Å²) in [5.41, 5.74) is 2.10. The minimum Gasteiger partial charge on any atom is -0.320 e. The van der Waals surface area contributed by atoms with Gasteiger partial charge in [-0.3, -0.25) is 14.7 Å². The first kappa shape index (κ1) is 25.1. The van der Waals surface area contributed by atoms with E-state index in [4.69, 9.17) is 0 Å². The van der Waals surface area contributed by atoms with E-state index in [1.807, 2.05) is 12.3 Å². The number of aromatic nitrogens is 2. The molecule has 2 aromatic carbocycles. The molecule has 5 nitrogen and oxygen atoms in total. The van der Waals surface area contributed by atoms with Crippen molar-refractivity contribution in [2.75, 3.05) is 18.4 Å². The van der Waals surface area contributed by atoms with Crippen LogP contribution in [0, 0.1) is 0 Å². The van der Waals surface area contributed by atoms with E-state index in [0.29, 0.717) is 28.4 Å². The Hall–Kier alpha value is -3.56. The van der Waals surface area contributed by atoms with Crippen LogP contribution in [-0.2, 0) is 12.7 Å². The first-order valence-corrected chi connectivity index (χ1v) is 12.9. The lowest BCUT2D eigenvalue weighted by Gasteiger charge is -2.30. The molecule has 5 rings (SSSR count). The molecule has 0 atom stereocenters. The highest BCUT2D eigenvalue weighted by atomic mass is 32.1. The van der Waals surface area contributed by atoms with Gasteiger partial charge in [0.05, 0.1) is 10.6 Å². The smallest absolute Gasteiger partial charge is 0.320 e. The maximum absolute atomic E-state index is 13.2. The topological polar surface area (TPSA) is 58.1 Å². The molecule has 0 radical (unpaired) electrons. The largest absolute Gasteiger partial charge is 0.416 e. The van der Waals surface area contributed by atoms with E-state index in [1.165, 1.54) is 23.0 Å². The molecule has 0 aliphatic carbocycles. The zero-order valence-electron chi connectivity index (χ0n) is 19.9. The fraction of sp³-hybridized carbons (Fsp3) is 0.250. The lowest BCUT2D eigenvalue weighted by atomic mass is 9.97. The third-order valence-corrected chi connectivity index (χ3v) is 7.50. The summed E-state index contributed by atoms with van der Waals surface area (Å²) in [5.74, 6) is -0.0787. The zero-order valence-corrected chi connectivity index (χ0v) is 20.7. The molecule has 1 aliphatic rings. The maximum Gasteiger partial charge on any atom is 0.416 e. The molecule has 0 bridgehead atoms. The monoisotopic (exact) mass is 522 g/mol. The van der Waals surface area contributed by atoms with Crippen molar-refractivity contribution in [2.45, 2.75) is 31.5 Å². The molecule has 3 heterocycles. The number of likely N-dealkylation sites (tertiary alicyclic amines) is 1. The molecule has 190 valence electrons. The second-order valence-corrected chi connectivity index (χ2v) is 9.95. The van der Waals surface area contributed by atoms with Gasteiger partial charge in [0.25, 0.3) is 5.91 Å². The van der Waals surface area contributed by atoms with Crippen molar-refractivity contribution in [3.63, 3.8) is 0 Å². The third kappa shape index (κ3) is 6.06. The van der Waals surface area contributed by atoms with E-state index < -0.39 is 11.7 Å². The molecular weight excluding hydrogens is 497 g/mol. The number of carbonyl (C=O) groups excluding carboxylic acids is 1. The van der Waals surface area contributed by atoms with E-state index in [1.54, 1.807) is 41.9 Å². The summed E-state index contributed by atoms with van der Waals surface area (Å²) in [6, 6.07) is 15.9. The molecule has 1 N–H and O–H groups in total. The number of nitrogens with one attached hydrogen (secondary N) is 1. The minimum atomic E-state index is -4.44. The summed E-state index contributed by atoms with van der Waals surface area (Å²) in [6.07, 6.45) is 1.15. The van der Waals surface area contributed by atoms with Crippen LogP contribution in [-0.4, -0.2) is 33.9 Å². The number of hydrogen-bond acceptors (Lipinski definition) is 5. The number of halogens is 3. The van der Waals surface area contributed by atoms with Gasteiger partial charge >= 0.3 is 6.18 Å². The molecule has 1 amide bonds. The van der Waals surface area contributed by atoms with Crippen LogP contribution in [0.25, 0.3) is 11.1 Å². The van der Waals surface area contributed by atoms with Gasteiger partial charge in [0.15, 0.2) is 0 Å². The van der Waals surface area contributed by atoms with Crippen molar-refractivity contribution >= 4 is 22.9 Å². The van der Waals surface area contributed by atoms with Gasteiger partial charge in [-0.05, 0) is 61.3 Å². The number of amides is 1. The fourth-order valence-electron chi connectivity index (χ4n) is 4.56. The lowest BCUT2D eigenvalue weighted by molar-refractivity contribution is -0.137. The number of alkyl halides is 3. The van der Waals surface area contributed by atoms with Crippen molar-refractivity contribution in [2.24, 2.45) is 0 Å². The Morgan fingerprint density at radius 1 is 1.05 bits per heavy atom. The Kier molecular flexibility index (Phi) is 7.34. The van der Waals surface area contributed by atoms with Crippen LogP contribution >= 0.6 is 11.3 Å². The molecule has 0 spiro atoms. The number of piperidine rings is 1. The summed E-state index contributed by atoms with van der Waals surface area (Å²) in [4.78, 5) is 24.2. The van der Waals surface area contributed by atoms with Crippen LogP contribution in [0.15, 0.2) is 78.4 Å². The standard InChI is InChI=1S/C28H25F3N4OS/c29-28(30,31)22-7-3-6-21(15-22)23-8-1-2-9-24(23)33-26(36)25-18-37-27(34-25)20-10-13-35(14-11-20)17-19-5-4-12-32-16-19/h1-9,12,15-16,18,20H,10-11,13-14,17H2,(H,33,36). The highest BCUT2D eigenvalue weighted by molar-refractivity contribution is 7.10. The highest BCUT2D eigenvalue weighted by Crippen LogP contribution is 2.35. The van der Waals surface area contributed by atoms with Crippen molar-refractivity contribution in [3.8, 4) is 11.1 Å². The van der Waals surface area contributed by atoms with Gasteiger partial charge in [-0.25, -0.2) is 4.98 Å². The number of para-hydroxylation sites is 1. The van der Waals surface area contributed by atoms with Gasteiger partial charge in [-0.1, -0.05) is 36.4 Å². The number of pyridine rings is 1. The third-order valence-electron chi connectivity index (χ3n) is 6.50. The van der Waals surface area contributed by atoms with E-state index in [0.717, 1.165) is 49.6 Å². The summed E-state index contributed by atoms with van der Waals surface area (Å²) in [6.45, 7) is 2.77. The molecule has 1 aliphatic heterocycles. The summed E-state index contributed by atoms with van der Waals surface area (Å²) >= 11 is 1.48. The van der Waals surface area contributed by atoms with Crippen LogP contribution in [0.2, 0.25) is 0 Å². The number of hydrogen-bond donors (Lipinski definition) is 1. The van der Waals surface area contributed by atoms with E-state index in [2.05, 4.69) is 26.3 Å². The number of carbonyl (C=O) groups is 1. The van der Waals surface area contributed by atoms with E-state index >= 15 is 0 Å². The Morgan fingerprint density at radius 3 is 2.62 bits per heavy atom.